The van der Waals surface area contributed by atoms with Crippen molar-refractivity contribution in [1.29, 1.82) is 0 Å². The second-order valence-corrected chi connectivity index (χ2v) is 8.27. The number of para-hydroxylation sites is 1. The van der Waals surface area contributed by atoms with Crippen LogP contribution in [0.2, 0.25) is 0 Å². The number of rotatable bonds is 6. The van der Waals surface area contributed by atoms with Gasteiger partial charge in [-0.05, 0) is 37.6 Å². The number of aromatic nitrogens is 2. The Morgan fingerprint density at radius 2 is 1.97 bits per heavy atom. The first-order valence-corrected chi connectivity index (χ1v) is 10.6. The zero-order valence-corrected chi connectivity index (χ0v) is 18.8. The van der Waals surface area contributed by atoms with E-state index >= 15 is 0 Å². The molecule has 0 bridgehead atoms. The molecule has 0 saturated heterocycles. The second kappa shape index (κ2) is 8.57. The minimum absolute atomic E-state index is 0.147. The van der Waals surface area contributed by atoms with Gasteiger partial charge in [0.25, 0.3) is 0 Å². The monoisotopic (exact) mass is 418 g/mol. The number of aryl methyl sites for hydroxylation is 2. The summed E-state index contributed by atoms with van der Waals surface area (Å²) < 4.78 is 5.72. The number of aliphatic hydroxyl groups is 1. The maximum atomic E-state index is 10.2. The minimum Gasteiger partial charge on any atom is -0.494 e. The van der Waals surface area contributed by atoms with Gasteiger partial charge in [0.1, 0.15) is 5.75 Å². The molecule has 3 heterocycles. The topological polar surface area (TPSA) is 85.4 Å². The highest BCUT2D eigenvalue weighted by molar-refractivity contribution is 5.90. The van der Waals surface area contributed by atoms with E-state index in [2.05, 4.69) is 48.2 Å². The molecule has 0 aliphatic carbocycles. The highest BCUT2D eigenvalue weighted by atomic mass is 16.5. The molecule has 0 spiro atoms. The summed E-state index contributed by atoms with van der Waals surface area (Å²) in [6.07, 6.45) is 2.03. The molecule has 1 aliphatic heterocycles. The SMILES string of the molecule is COc1c(CO)/c(=C2/N=c3ccccc3=C2CNC(C)C)[nH]c1=Cc1[nH]c(C)cc1C. The highest BCUT2D eigenvalue weighted by Crippen LogP contribution is 2.17. The van der Waals surface area contributed by atoms with Gasteiger partial charge in [0, 0.05) is 40.3 Å². The number of benzene rings is 1. The van der Waals surface area contributed by atoms with Gasteiger partial charge in [-0.3, -0.25) is 0 Å². The minimum atomic E-state index is -0.147. The molecule has 0 unspecified atom stereocenters. The van der Waals surface area contributed by atoms with Crippen LogP contribution in [0, 0.1) is 13.8 Å². The van der Waals surface area contributed by atoms with Crippen molar-refractivity contribution in [2.45, 2.75) is 40.3 Å². The van der Waals surface area contributed by atoms with Crippen molar-refractivity contribution in [2.24, 2.45) is 4.99 Å². The van der Waals surface area contributed by atoms with Gasteiger partial charge in [0.05, 0.1) is 35.5 Å². The summed E-state index contributed by atoms with van der Waals surface area (Å²) in [5, 5.41) is 17.4. The molecule has 4 rings (SSSR count). The van der Waals surface area contributed by atoms with Gasteiger partial charge in [-0.15, -0.1) is 0 Å². The normalized spacial score (nSPS) is 15.6. The third kappa shape index (κ3) is 3.96. The van der Waals surface area contributed by atoms with Crippen LogP contribution in [0.4, 0.5) is 0 Å². The van der Waals surface area contributed by atoms with Crippen molar-refractivity contribution >= 4 is 17.3 Å². The summed E-state index contributed by atoms with van der Waals surface area (Å²) in [4.78, 5) is 11.8. The van der Waals surface area contributed by atoms with Gasteiger partial charge < -0.3 is 25.1 Å². The standard InChI is InChI=1S/C25H30N4O2/c1-14(2)26-12-18-17-8-6-7-9-20(17)28-23(18)24-19(13-30)25(31-5)22(29-24)11-21-15(3)10-16(4)27-21/h6-11,14,26-27,29-30H,12-13H2,1-5H3/b22-11?,24-23-. The number of fused-ring (bicyclic) bond motifs is 1. The van der Waals surface area contributed by atoms with Gasteiger partial charge in [-0.25, -0.2) is 4.99 Å². The van der Waals surface area contributed by atoms with E-state index in [4.69, 9.17) is 9.73 Å². The summed E-state index contributed by atoms with van der Waals surface area (Å²) >= 11 is 0. The zero-order valence-electron chi connectivity index (χ0n) is 18.8. The molecule has 0 atom stereocenters. The Bertz CT molecular complexity index is 1360. The lowest BCUT2D eigenvalue weighted by molar-refractivity contribution is 0.273. The van der Waals surface area contributed by atoms with Crippen molar-refractivity contribution in [3.63, 3.8) is 0 Å². The number of ether oxygens (including phenoxy) is 1. The van der Waals surface area contributed by atoms with E-state index in [1.165, 1.54) is 0 Å². The molecule has 4 N–H and O–H groups in total. The van der Waals surface area contributed by atoms with Gasteiger partial charge >= 0.3 is 0 Å². The van der Waals surface area contributed by atoms with Crippen molar-refractivity contribution < 1.29 is 9.84 Å². The van der Waals surface area contributed by atoms with Gasteiger partial charge in [0.2, 0.25) is 0 Å². The van der Waals surface area contributed by atoms with Crippen molar-refractivity contribution in [1.82, 2.24) is 15.3 Å². The Kier molecular flexibility index (Phi) is 5.85. The zero-order chi connectivity index (χ0) is 22.1. The summed E-state index contributed by atoms with van der Waals surface area (Å²) in [6.45, 7) is 8.90. The van der Waals surface area contributed by atoms with Crippen LogP contribution in [0.25, 0.3) is 17.3 Å². The smallest absolute Gasteiger partial charge is 0.150 e. The molecule has 3 aromatic rings. The van der Waals surface area contributed by atoms with Crippen molar-refractivity contribution in [3.05, 3.63) is 74.1 Å². The van der Waals surface area contributed by atoms with Crippen LogP contribution >= 0.6 is 0 Å². The first kappa shape index (κ1) is 21.2. The Balaban J connectivity index is 2.02. The van der Waals surface area contributed by atoms with Crippen molar-refractivity contribution in [2.75, 3.05) is 13.7 Å². The van der Waals surface area contributed by atoms with E-state index in [1.807, 2.05) is 31.2 Å². The molecule has 6 nitrogen and oxygen atoms in total. The first-order chi connectivity index (χ1) is 14.9. The molecule has 6 heteroatoms. The number of nitrogens with zero attached hydrogens (tertiary/aromatic N) is 1. The number of nitrogens with one attached hydrogen (secondary N) is 3. The summed E-state index contributed by atoms with van der Waals surface area (Å²) in [5.74, 6) is 0.638. The number of hydrogen-bond donors (Lipinski definition) is 4. The molecule has 31 heavy (non-hydrogen) atoms. The van der Waals surface area contributed by atoms with Gasteiger partial charge in [-0.1, -0.05) is 32.0 Å². The van der Waals surface area contributed by atoms with E-state index < -0.39 is 0 Å². The molecular weight excluding hydrogens is 388 g/mol. The molecule has 0 fully saturated rings. The Labute approximate surface area is 181 Å². The van der Waals surface area contributed by atoms with E-state index in [-0.39, 0.29) is 6.61 Å². The first-order valence-electron chi connectivity index (χ1n) is 10.6. The Hall–Kier alpha value is -3.09. The highest BCUT2D eigenvalue weighted by Gasteiger charge is 2.19. The fourth-order valence-electron chi connectivity index (χ4n) is 4.11. The summed E-state index contributed by atoms with van der Waals surface area (Å²) in [5.41, 5.74) is 5.93. The molecule has 0 saturated carbocycles. The molecular formula is C25H30N4O2. The average molecular weight is 419 g/mol. The maximum absolute atomic E-state index is 10.2. The quantitative estimate of drug-likeness (QED) is 0.480. The number of hydrogen-bond acceptors (Lipinski definition) is 4. The van der Waals surface area contributed by atoms with Crippen molar-refractivity contribution in [3.8, 4) is 5.75 Å². The third-order valence-corrected chi connectivity index (χ3v) is 5.59. The average Bonchev–Trinajstić information content (AvgIpc) is 3.38. The van der Waals surface area contributed by atoms with Crippen LogP contribution in [-0.2, 0) is 6.61 Å². The van der Waals surface area contributed by atoms with Crippen LogP contribution in [0.1, 0.15) is 36.4 Å². The summed E-state index contributed by atoms with van der Waals surface area (Å²) in [7, 11) is 1.63. The number of methoxy groups -OCH3 is 1. The molecule has 0 radical (unpaired) electrons. The number of aromatic amines is 2. The number of aliphatic hydroxyl groups excluding tert-OH is 1. The lowest BCUT2D eigenvalue weighted by Gasteiger charge is -2.10. The lowest BCUT2D eigenvalue weighted by atomic mass is 10.1. The molecule has 162 valence electrons. The maximum Gasteiger partial charge on any atom is 0.150 e. The van der Waals surface area contributed by atoms with E-state index in [9.17, 15) is 5.11 Å². The van der Waals surface area contributed by atoms with E-state index in [0.29, 0.717) is 23.9 Å². The van der Waals surface area contributed by atoms with Crippen LogP contribution in [0.15, 0.2) is 35.3 Å². The largest absolute Gasteiger partial charge is 0.494 e. The predicted octanol–water partition coefficient (Wildman–Crippen LogP) is 0.880. The molecule has 1 aromatic carbocycles. The van der Waals surface area contributed by atoms with Gasteiger partial charge in [-0.2, -0.15) is 0 Å². The predicted molar refractivity (Wildman–Crippen MR) is 124 cm³/mol. The van der Waals surface area contributed by atoms with Crippen LogP contribution < -0.4 is 31.3 Å². The van der Waals surface area contributed by atoms with E-state index in [0.717, 1.165) is 49.5 Å². The molecule has 0 amide bonds. The number of H-pyrrole nitrogens is 2. The fraction of sp³-hybridized carbons (Fsp3) is 0.320. The van der Waals surface area contributed by atoms with Crippen LogP contribution in [0.5, 0.6) is 5.75 Å². The summed E-state index contributed by atoms with van der Waals surface area (Å²) in [6, 6.07) is 10.6. The third-order valence-electron chi connectivity index (χ3n) is 5.59. The van der Waals surface area contributed by atoms with Crippen LogP contribution in [0.3, 0.4) is 0 Å². The Morgan fingerprint density at radius 1 is 1.19 bits per heavy atom. The second-order valence-electron chi connectivity index (χ2n) is 8.27. The van der Waals surface area contributed by atoms with Crippen LogP contribution in [-0.4, -0.2) is 34.8 Å². The van der Waals surface area contributed by atoms with E-state index in [1.54, 1.807) is 7.11 Å². The fourth-order valence-corrected chi connectivity index (χ4v) is 4.11. The van der Waals surface area contributed by atoms with Gasteiger partial charge in [0.15, 0.2) is 0 Å². The Morgan fingerprint density at radius 3 is 2.61 bits per heavy atom. The molecule has 1 aliphatic rings. The lowest BCUT2D eigenvalue weighted by Crippen LogP contribution is -2.30. The molecule has 2 aromatic heterocycles.